The third kappa shape index (κ3) is 3.87. The highest BCUT2D eigenvalue weighted by Crippen LogP contribution is 2.24. The molecule has 1 unspecified atom stereocenters. The minimum Gasteiger partial charge on any atom is -0.329 e. The maximum atomic E-state index is 12.3. The molecule has 3 N–H and O–H groups in total. The van der Waals surface area contributed by atoms with Crippen LogP contribution in [0.2, 0.25) is 10.0 Å². The van der Waals surface area contributed by atoms with Crippen LogP contribution in [0.5, 0.6) is 0 Å². The first-order valence-electron chi connectivity index (χ1n) is 6.71. The third-order valence-corrected chi connectivity index (χ3v) is 3.79. The molecule has 2 amide bonds. The summed E-state index contributed by atoms with van der Waals surface area (Å²) in [6.07, 6.45) is 1.41. The summed E-state index contributed by atoms with van der Waals surface area (Å²) in [5.74, 6) is -0.461. The molecule has 0 bridgehead atoms. The Bertz CT molecular complexity index is 543. The fraction of sp³-hybridized carbons (Fsp3) is 0.429. The van der Waals surface area contributed by atoms with Gasteiger partial charge < -0.3 is 16.0 Å². The van der Waals surface area contributed by atoms with Crippen LogP contribution in [0, 0.1) is 0 Å². The van der Waals surface area contributed by atoms with Crippen molar-refractivity contribution in [3.63, 3.8) is 0 Å². The Morgan fingerprint density at radius 3 is 2.52 bits per heavy atom. The summed E-state index contributed by atoms with van der Waals surface area (Å²) in [6, 6.07) is 3.69. The molecule has 1 aromatic carbocycles. The molecule has 1 fully saturated rings. The highest BCUT2D eigenvalue weighted by Gasteiger charge is 2.35. The zero-order valence-electron chi connectivity index (χ0n) is 11.6. The van der Waals surface area contributed by atoms with Gasteiger partial charge in [-0.15, -0.1) is 0 Å². The molecule has 1 aliphatic rings. The second kappa shape index (κ2) is 6.64. The average molecular weight is 330 g/mol. The predicted molar refractivity (Wildman–Crippen MR) is 83.5 cm³/mol. The number of likely N-dealkylation sites (tertiary alicyclic amines) is 1. The lowest BCUT2D eigenvalue weighted by molar-refractivity contribution is -0.137. The van der Waals surface area contributed by atoms with Crippen molar-refractivity contribution < 1.29 is 9.59 Å². The molecule has 2 atom stereocenters. The molecule has 2 rings (SSSR count). The minimum atomic E-state index is -0.612. The van der Waals surface area contributed by atoms with E-state index >= 15 is 0 Å². The number of carbonyl (C=O) groups is 2. The summed E-state index contributed by atoms with van der Waals surface area (Å²) in [4.78, 5) is 25.9. The second-order valence-electron chi connectivity index (χ2n) is 5.13. The van der Waals surface area contributed by atoms with Gasteiger partial charge in [0, 0.05) is 22.3 Å². The van der Waals surface area contributed by atoms with Gasteiger partial charge in [0.15, 0.2) is 0 Å². The molecule has 1 saturated heterocycles. The van der Waals surface area contributed by atoms with Crippen molar-refractivity contribution in [2.75, 3.05) is 11.9 Å². The lowest BCUT2D eigenvalue weighted by Gasteiger charge is -2.25. The monoisotopic (exact) mass is 329 g/mol. The van der Waals surface area contributed by atoms with E-state index in [-0.39, 0.29) is 11.8 Å². The van der Waals surface area contributed by atoms with Crippen LogP contribution in [0.25, 0.3) is 0 Å². The van der Waals surface area contributed by atoms with Crippen LogP contribution in [0.4, 0.5) is 5.69 Å². The Balaban J connectivity index is 2.10. The number of carbonyl (C=O) groups excluding carboxylic acids is 2. The Morgan fingerprint density at radius 2 is 1.95 bits per heavy atom. The van der Waals surface area contributed by atoms with E-state index in [0.717, 1.165) is 6.42 Å². The quantitative estimate of drug-likeness (QED) is 0.893. The first-order valence-corrected chi connectivity index (χ1v) is 7.47. The topological polar surface area (TPSA) is 75.4 Å². The van der Waals surface area contributed by atoms with Crippen LogP contribution in [0.1, 0.15) is 19.8 Å². The van der Waals surface area contributed by atoms with Gasteiger partial charge in [-0.1, -0.05) is 23.2 Å². The molecule has 0 aliphatic carbocycles. The predicted octanol–water partition coefficient (Wildman–Crippen LogP) is 2.27. The number of hydrogen-bond acceptors (Lipinski definition) is 3. The van der Waals surface area contributed by atoms with Crippen molar-refractivity contribution in [3.8, 4) is 0 Å². The molecule has 0 spiro atoms. The molecule has 0 aromatic heterocycles. The molecule has 0 saturated carbocycles. The highest BCUT2D eigenvalue weighted by molar-refractivity contribution is 6.35. The van der Waals surface area contributed by atoms with Crippen molar-refractivity contribution >= 4 is 40.7 Å². The fourth-order valence-electron chi connectivity index (χ4n) is 2.42. The zero-order chi connectivity index (χ0) is 15.6. The second-order valence-corrected chi connectivity index (χ2v) is 6.00. The number of hydrogen-bond donors (Lipinski definition) is 2. The van der Waals surface area contributed by atoms with Crippen molar-refractivity contribution in [2.45, 2.75) is 31.8 Å². The summed E-state index contributed by atoms with van der Waals surface area (Å²) in [6.45, 7) is 2.17. The van der Waals surface area contributed by atoms with E-state index in [0.29, 0.717) is 28.7 Å². The Morgan fingerprint density at radius 1 is 1.33 bits per heavy atom. The Kier molecular flexibility index (Phi) is 5.08. The van der Waals surface area contributed by atoms with Gasteiger partial charge in [-0.05, 0) is 38.0 Å². The molecule has 7 heteroatoms. The van der Waals surface area contributed by atoms with Gasteiger partial charge >= 0.3 is 0 Å². The Labute approximate surface area is 133 Å². The number of anilines is 1. The van der Waals surface area contributed by atoms with Crippen molar-refractivity contribution in [1.29, 1.82) is 0 Å². The van der Waals surface area contributed by atoms with Crippen LogP contribution < -0.4 is 11.1 Å². The maximum absolute atomic E-state index is 12.3. The molecule has 0 radical (unpaired) electrons. The molecular weight excluding hydrogens is 313 g/mol. The van der Waals surface area contributed by atoms with E-state index in [1.54, 1.807) is 25.1 Å². The highest BCUT2D eigenvalue weighted by atomic mass is 35.5. The minimum absolute atomic E-state index is 0.211. The van der Waals surface area contributed by atoms with E-state index < -0.39 is 12.1 Å². The van der Waals surface area contributed by atoms with Gasteiger partial charge in [0.1, 0.15) is 6.04 Å². The lowest BCUT2D eigenvalue weighted by atomic mass is 10.2. The van der Waals surface area contributed by atoms with E-state index in [1.807, 2.05) is 0 Å². The summed E-state index contributed by atoms with van der Waals surface area (Å²) in [5.41, 5.74) is 6.12. The van der Waals surface area contributed by atoms with E-state index in [1.165, 1.54) is 4.90 Å². The molecule has 1 aliphatic heterocycles. The third-order valence-electron chi connectivity index (χ3n) is 3.36. The average Bonchev–Trinajstić information content (AvgIpc) is 2.85. The molecule has 21 heavy (non-hydrogen) atoms. The van der Waals surface area contributed by atoms with Crippen LogP contribution in [-0.4, -0.2) is 35.3 Å². The first-order chi connectivity index (χ1) is 9.88. The maximum Gasteiger partial charge on any atom is 0.247 e. The lowest BCUT2D eigenvalue weighted by Crippen LogP contribution is -2.48. The van der Waals surface area contributed by atoms with Crippen molar-refractivity contribution in [3.05, 3.63) is 28.2 Å². The van der Waals surface area contributed by atoms with Crippen molar-refractivity contribution in [2.24, 2.45) is 5.73 Å². The number of rotatable bonds is 3. The molecule has 1 heterocycles. The fourth-order valence-corrected chi connectivity index (χ4v) is 2.94. The Hall–Kier alpha value is -1.30. The molecule has 5 nitrogen and oxygen atoms in total. The number of amides is 2. The summed E-state index contributed by atoms with van der Waals surface area (Å²) >= 11 is 11.8. The molecular formula is C14H17Cl2N3O2. The van der Waals surface area contributed by atoms with Crippen LogP contribution in [0.15, 0.2) is 18.2 Å². The van der Waals surface area contributed by atoms with Gasteiger partial charge in [0.2, 0.25) is 11.8 Å². The number of nitrogens with one attached hydrogen (secondary N) is 1. The van der Waals surface area contributed by atoms with Crippen LogP contribution in [-0.2, 0) is 9.59 Å². The number of halogens is 2. The smallest absolute Gasteiger partial charge is 0.247 e. The van der Waals surface area contributed by atoms with Gasteiger partial charge in [-0.2, -0.15) is 0 Å². The SMILES string of the molecule is C[C@H](N)C(=O)N1CCCC1C(=O)Nc1cc(Cl)cc(Cl)c1. The molecule has 1 aromatic rings. The standard InChI is InChI=1S/C14H17Cl2N3O2/c1-8(17)14(21)19-4-2-3-12(19)13(20)18-11-6-9(15)5-10(16)7-11/h5-8,12H,2-4,17H2,1H3,(H,18,20)/t8-,12?/m0/s1. The normalized spacial score (nSPS) is 19.4. The van der Waals surface area contributed by atoms with E-state index in [9.17, 15) is 9.59 Å². The number of nitrogens with zero attached hydrogens (tertiary/aromatic N) is 1. The van der Waals surface area contributed by atoms with Gasteiger partial charge in [-0.3, -0.25) is 9.59 Å². The summed E-state index contributed by atoms with van der Waals surface area (Å²) < 4.78 is 0. The number of benzene rings is 1. The van der Waals surface area contributed by atoms with Gasteiger partial charge in [-0.25, -0.2) is 0 Å². The van der Waals surface area contributed by atoms with Crippen LogP contribution >= 0.6 is 23.2 Å². The first kappa shape index (κ1) is 16.1. The van der Waals surface area contributed by atoms with Crippen LogP contribution in [0.3, 0.4) is 0 Å². The summed E-state index contributed by atoms with van der Waals surface area (Å²) in [5, 5.41) is 3.62. The van der Waals surface area contributed by atoms with E-state index in [2.05, 4.69) is 5.32 Å². The van der Waals surface area contributed by atoms with Gasteiger partial charge in [0.25, 0.3) is 0 Å². The largest absolute Gasteiger partial charge is 0.329 e. The molecule has 114 valence electrons. The summed E-state index contributed by atoms with van der Waals surface area (Å²) in [7, 11) is 0. The van der Waals surface area contributed by atoms with Gasteiger partial charge in [0.05, 0.1) is 6.04 Å². The zero-order valence-corrected chi connectivity index (χ0v) is 13.1. The van der Waals surface area contributed by atoms with E-state index in [4.69, 9.17) is 28.9 Å². The number of nitrogens with two attached hydrogens (primary N) is 1. The van der Waals surface area contributed by atoms with Crippen molar-refractivity contribution in [1.82, 2.24) is 4.90 Å².